The molecule has 0 aliphatic rings. The quantitative estimate of drug-likeness (QED) is 0.797. The number of nitrogens with one attached hydrogen (secondary N) is 2. The lowest BCUT2D eigenvalue weighted by Crippen LogP contribution is -2.26. The van der Waals surface area contributed by atoms with Crippen LogP contribution in [0.1, 0.15) is 36.6 Å². The van der Waals surface area contributed by atoms with Crippen LogP contribution in [-0.4, -0.2) is 22.4 Å². The van der Waals surface area contributed by atoms with Crippen molar-refractivity contribution in [3.63, 3.8) is 0 Å². The van der Waals surface area contributed by atoms with E-state index in [1.807, 2.05) is 24.3 Å². The second kappa shape index (κ2) is 8.06. The van der Waals surface area contributed by atoms with E-state index in [1.165, 1.54) is 0 Å². The second-order valence-corrected chi connectivity index (χ2v) is 6.68. The first-order valence-corrected chi connectivity index (χ1v) is 8.40. The van der Waals surface area contributed by atoms with Crippen molar-refractivity contribution in [3.8, 4) is 0 Å². The maximum absolute atomic E-state index is 12.2. The number of amides is 1. The van der Waals surface area contributed by atoms with Gasteiger partial charge in [-0.2, -0.15) is 0 Å². The predicted molar refractivity (Wildman–Crippen MR) is 96.0 cm³/mol. The molecule has 23 heavy (non-hydrogen) atoms. The predicted octanol–water partition coefficient (Wildman–Crippen LogP) is 4.07. The molecule has 2 rings (SSSR count). The average Bonchev–Trinajstić information content (AvgIpc) is 2.46. The Balaban J connectivity index is 2.10. The van der Waals surface area contributed by atoms with E-state index in [0.29, 0.717) is 29.8 Å². The smallest absolute Gasteiger partial charge is 0.270 e. The van der Waals surface area contributed by atoms with Crippen molar-refractivity contribution >= 4 is 33.3 Å². The number of aryl methyl sites for hydroxylation is 1. The maximum atomic E-state index is 12.2. The van der Waals surface area contributed by atoms with Crippen LogP contribution in [-0.2, 0) is 0 Å². The summed E-state index contributed by atoms with van der Waals surface area (Å²) in [5.41, 5.74) is 1.27. The van der Waals surface area contributed by atoms with Crippen LogP contribution in [0.4, 0.5) is 11.5 Å². The normalized spacial score (nSPS) is 10.7. The molecule has 2 N–H and O–H groups in total. The standard InChI is InChI=1S/C17H21BrN4O/c1-11(2)7-8-19-17(23)15-10-16(21-12(3)20-15)22-14-6-4-5-13(18)9-14/h4-6,9-11H,7-8H2,1-3H3,(H,19,23)(H,20,21,22). The van der Waals surface area contributed by atoms with Gasteiger partial charge in [0.1, 0.15) is 17.3 Å². The summed E-state index contributed by atoms with van der Waals surface area (Å²) in [7, 11) is 0. The van der Waals surface area contributed by atoms with Gasteiger partial charge >= 0.3 is 0 Å². The summed E-state index contributed by atoms with van der Waals surface area (Å²) < 4.78 is 0.972. The molecule has 0 saturated carbocycles. The zero-order chi connectivity index (χ0) is 16.8. The van der Waals surface area contributed by atoms with Crippen molar-refractivity contribution in [2.24, 2.45) is 5.92 Å². The summed E-state index contributed by atoms with van der Waals surface area (Å²) in [5, 5.41) is 6.09. The number of benzene rings is 1. The largest absolute Gasteiger partial charge is 0.351 e. The minimum absolute atomic E-state index is 0.173. The summed E-state index contributed by atoms with van der Waals surface area (Å²) in [5.74, 6) is 1.54. The lowest BCUT2D eigenvalue weighted by Gasteiger charge is -2.10. The first-order chi connectivity index (χ1) is 10.9. The number of carbonyl (C=O) groups excluding carboxylic acids is 1. The Morgan fingerprint density at radius 1 is 1.26 bits per heavy atom. The Hall–Kier alpha value is -1.95. The highest BCUT2D eigenvalue weighted by Crippen LogP contribution is 2.19. The molecule has 0 radical (unpaired) electrons. The Labute approximate surface area is 145 Å². The molecule has 1 heterocycles. The molecule has 2 aromatic rings. The molecule has 1 aromatic carbocycles. The fourth-order valence-electron chi connectivity index (χ4n) is 2.03. The highest BCUT2D eigenvalue weighted by atomic mass is 79.9. The van der Waals surface area contributed by atoms with Gasteiger partial charge in [0.2, 0.25) is 0 Å². The van der Waals surface area contributed by atoms with E-state index >= 15 is 0 Å². The second-order valence-electron chi connectivity index (χ2n) is 5.76. The number of rotatable bonds is 6. The molecule has 0 atom stereocenters. The molecule has 0 fully saturated rings. The van der Waals surface area contributed by atoms with E-state index in [-0.39, 0.29) is 5.91 Å². The molecular weight excluding hydrogens is 356 g/mol. The van der Waals surface area contributed by atoms with Crippen LogP contribution in [0.5, 0.6) is 0 Å². The lowest BCUT2D eigenvalue weighted by molar-refractivity contribution is 0.0946. The first-order valence-electron chi connectivity index (χ1n) is 7.60. The molecule has 1 amide bonds. The maximum Gasteiger partial charge on any atom is 0.270 e. The summed E-state index contributed by atoms with van der Waals surface area (Å²) in [4.78, 5) is 20.8. The van der Waals surface area contributed by atoms with E-state index < -0.39 is 0 Å². The fraction of sp³-hybridized carbons (Fsp3) is 0.353. The van der Waals surface area contributed by atoms with E-state index in [4.69, 9.17) is 0 Å². The van der Waals surface area contributed by atoms with E-state index in [9.17, 15) is 4.79 Å². The van der Waals surface area contributed by atoms with Crippen LogP contribution >= 0.6 is 15.9 Å². The number of halogens is 1. The van der Waals surface area contributed by atoms with Gasteiger partial charge < -0.3 is 10.6 Å². The highest BCUT2D eigenvalue weighted by molar-refractivity contribution is 9.10. The van der Waals surface area contributed by atoms with Crippen LogP contribution in [0.3, 0.4) is 0 Å². The Kier molecular flexibility index (Phi) is 6.10. The summed E-state index contributed by atoms with van der Waals surface area (Å²) in [6, 6.07) is 9.42. The molecular formula is C17H21BrN4O. The summed E-state index contributed by atoms with van der Waals surface area (Å²) in [6.07, 6.45) is 0.943. The van der Waals surface area contributed by atoms with Crippen LogP contribution in [0, 0.1) is 12.8 Å². The Morgan fingerprint density at radius 3 is 2.74 bits per heavy atom. The van der Waals surface area contributed by atoms with Crippen LogP contribution in [0.15, 0.2) is 34.8 Å². The highest BCUT2D eigenvalue weighted by Gasteiger charge is 2.10. The van der Waals surface area contributed by atoms with Crippen molar-refractivity contribution in [2.75, 3.05) is 11.9 Å². The number of hydrogen-bond acceptors (Lipinski definition) is 4. The number of hydrogen-bond donors (Lipinski definition) is 2. The van der Waals surface area contributed by atoms with E-state index in [1.54, 1.807) is 13.0 Å². The van der Waals surface area contributed by atoms with Gasteiger partial charge in [0.05, 0.1) is 0 Å². The fourth-order valence-corrected chi connectivity index (χ4v) is 2.43. The average molecular weight is 377 g/mol. The van der Waals surface area contributed by atoms with Crippen molar-refractivity contribution < 1.29 is 4.79 Å². The SMILES string of the molecule is Cc1nc(Nc2cccc(Br)c2)cc(C(=O)NCCC(C)C)n1. The van der Waals surface area contributed by atoms with Gasteiger partial charge in [-0.1, -0.05) is 35.8 Å². The molecule has 0 bridgehead atoms. The number of nitrogens with zero attached hydrogens (tertiary/aromatic N) is 2. The first kappa shape index (κ1) is 17.4. The minimum Gasteiger partial charge on any atom is -0.351 e. The van der Waals surface area contributed by atoms with Gasteiger partial charge in [0, 0.05) is 22.8 Å². The van der Waals surface area contributed by atoms with Crippen molar-refractivity contribution in [2.45, 2.75) is 27.2 Å². The van der Waals surface area contributed by atoms with Crippen LogP contribution in [0.2, 0.25) is 0 Å². The molecule has 122 valence electrons. The number of aromatic nitrogens is 2. The van der Waals surface area contributed by atoms with Gasteiger partial charge in [-0.15, -0.1) is 0 Å². The molecule has 6 heteroatoms. The van der Waals surface area contributed by atoms with Gasteiger partial charge in [0.25, 0.3) is 5.91 Å². The minimum atomic E-state index is -0.173. The van der Waals surface area contributed by atoms with Crippen LogP contribution in [0.25, 0.3) is 0 Å². The molecule has 5 nitrogen and oxygen atoms in total. The molecule has 0 unspecified atom stereocenters. The molecule has 0 aliphatic carbocycles. The third kappa shape index (κ3) is 5.63. The van der Waals surface area contributed by atoms with Gasteiger partial charge in [0.15, 0.2) is 0 Å². The Bertz CT molecular complexity index is 688. The van der Waals surface area contributed by atoms with E-state index in [0.717, 1.165) is 16.6 Å². The number of carbonyl (C=O) groups is 1. The van der Waals surface area contributed by atoms with Crippen molar-refractivity contribution in [1.82, 2.24) is 15.3 Å². The van der Waals surface area contributed by atoms with Crippen molar-refractivity contribution in [1.29, 1.82) is 0 Å². The Morgan fingerprint density at radius 2 is 2.04 bits per heavy atom. The lowest BCUT2D eigenvalue weighted by atomic mass is 10.1. The molecule has 0 spiro atoms. The van der Waals surface area contributed by atoms with Gasteiger partial charge in [-0.25, -0.2) is 9.97 Å². The molecule has 0 saturated heterocycles. The summed E-state index contributed by atoms with van der Waals surface area (Å²) >= 11 is 3.43. The van der Waals surface area contributed by atoms with Crippen molar-refractivity contribution in [3.05, 3.63) is 46.3 Å². The third-order valence-electron chi connectivity index (χ3n) is 3.17. The topological polar surface area (TPSA) is 66.9 Å². The van der Waals surface area contributed by atoms with E-state index in [2.05, 4.69) is 50.4 Å². The molecule has 1 aromatic heterocycles. The number of anilines is 2. The van der Waals surface area contributed by atoms with Crippen LogP contribution < -0.4 is 10.6 Å². The third-order valence-corrected chi connectivity index (χ3v) is 3.67. The van der Waals surface area contributed by atoms with Gasteiger partial charge in [-0.3, -0.25) is 4.79 Å². The zero-order valence-electron chi connectivity index (χ0n) is 13.6. The molecule has 0 aliphatic heterocycles. The monoisotopic (exact) mass is 376 g/mol. The summed E-state index contributed by atoms with van der Waals surface area (Å²) in [6.45, 7) is 6.67. The zero-order valence-corrected chi connectivity index (χ0v) is 15.1. The van der Waals surface area contributed by atoms with Gasteiger partial charge in [-0.05, 0) is 37.5 Å².